The Balaban J connectivity index is 1.55. The molecule has 1 aliphatic carbocycles. The van der Waals surface area contributed by atoms with E-state index in [0.717, 1.165) is 24.1 Å². The van der Waals surface area contributed by atoms with Gasteiger partial charge in [-0.15, -0.1) is 11.3 Å². The summed E-state index contributed by atoms with van der Waals surface area (Å²) >= 11 is 1.25. The van der Waals surface area contributed by atoms with E-state index < -0.39 is 10.0 Å². The van der Waals surface area contributed by atoms with E-state index in [1.165, 1.54) is 47.7 Å². The van der Waals surface area contributed by atoms with Crippen LogP contribution in [-0.2, 0) is 26.1 Å². The highest BCUT2D eigenvalue weighted by atomic mass is 32.2. The van der Waals surface area contributed by atoms with Crippen LogP contribution in [0.15, 0.2) is 16.3 Å². The minimum absolute atomic E-state index is 0.0691. The van der Waals surface area contributed by atoms with Crippen LogP contribution in [0, 0.1) is 11.8 Å². The number of hydrogen-bond acceptors (Lipinski definition) is 5. The van der Waals surface area contributed by atoms with Crippen molar-refractivity contribution in [2.45, 2.75) is 69.0 Å². The van der Waals surface area contributed by atoms with E-state index in [1.54, 1.807) is 6.07 Å². The Hall–Kier alpha value is -0.960. The lowest BCUT2D eigenvalue weighted by Gasteiger charge is -2.26. The SMILES string of the molecule is CCCC(CC1CCCCC1)C(=O)NCc1ccc(S(=O)(=O)N2CCOCC2)s1. The molecule has 3 rings (SSSR count). The number of nitrogens with zero attached hydrogens (tertiary/aromatic N) is 1. The number of rotatable bonds is 9. The van der Waals surface area contributed by atoms with Gasteiger partial charge < -0.3 is 10.1 Å². The first-order chi connectivity index (χ1) is 14.0. The molecule has 8 heteroatoms. The van der Waals surface area contributed by atoms with Crippen LogP contribution in [0.5, 0.6) is 0 Å². The molecule has 2 fully saturated rings. The fourth-order valence-corrected chi connectivity index (χ4v) is 7.21. The normalized spacial score (nSPS) is 20.4. The van der Waals surface area contributed by atoms with E-state index in [1.807, 2.05) is 6.07 Å². The van der Waals surface area contributed by atoms with Crippen LogP contribution in [0.2, 0.25) is 0 Å². The molecule has 0 spiro atoms. The zero-order valence-corrected chi connectivity index (χ0v) is 19.0. The van der Waals surface area contributed by atoms with Gasteiger partial charge in [-0.05, 0) is 30.9 Å². The number of ether oxygens (including phenoxy) is 1. The number of morpholine rings is 1. The van der Waals surface area contributed by atoms with E-state index in [4.69, 9.17) is 4.74 Å². The van der Waals surface area contributed by atoms with Crippen molar-refractivity contribution < 1.29 is 17.9 Å². The molecule has 1 aromatic heterocycles. The Kier molecular flexibility index (Phi) is 8.53. The molecular weight excluding hydrogens is 408 g/mol. The summed E-state index contributed by atoms with van der Waals surface area (Å²) in [5.41, 5.74) is 0. The molecule has 1 saturated heterocycles. The average Bonchev–Trinajstić information content (AvgIpc) is 3.23. The van der Waals surface area contributed by atoms with Gasteiger partial charge in [-0.1, -0.05) is 45.4 Å². The van der Waals surface area contributed by atoms with Crippen molar-refractivity contribution in [2.24, 2.45) is 11.8 Å². The van der Waals surface area contributed by atoms with Gasteiger partial charge in [-0.25, -0.2) is 8.42 Å². The second-order valence-corrected chi connectivity index (χ2v) is 11.5. The summed E-state index contributed by atoms with van der Waals surface area (Å²) in [6.07, 6.45) is 9.33. The molecule has 0 aromatic carbocycles. The van der Waals surface area contributed by atoms with Gasteiger partial charge in [-0.2, -0.15) is 4.31 Å². The lowest BCUT2D eigenvalue weighted by molar-refractivity contribution is -0.126. The largest absolute Gasteiger partial charge is 0.379 e. The molecule has 1 saturated carbocycles. The highest BCUT2D eigenvalue weighted by Gasteiger charge is 2.28. The van der Waals surface area contributed by atoms with Gasteiger partial charge in [0.1, 0.15) is 4.21 Å². The highest BCUT2D eigenvalue weighted by molar-refractivity contribution is 7.91. The van der Waals surface area contributed by atoms with Gasteiger partial charge in [0.25, 0.3) is 10.0 Å². The fourth-order valence-electron chi connectivity index (χ4n) is 4.35. The molecular formula is C21H34N2O4S2. The minimum atomic E-state index is -3.46. The summed E-state index contributed by atoms with van der Waals surface area (Å²) in [7, 11) is -3.46. The zero-order valence-electron chi connectivity index (χ0n) is 17.4. The maximum Gasteiger partial charge on any atom is 0.252 e. The molecule has 6 nitrogen and oxygen atoms in total. The summed E-state index contributed by atoms with van der Waals surface area (Å²) in [6.45, 7) is 4.19. The number of amides is 1. The molecule has 0 bridgehead atoms. The number of nitrogens with one attached hydrogen (secondary N) is 1. The first-order valence-electron chi connectivity index (χ1n) is 10.9. The van der Waals surface area contributed by atoms with E-state index in [0.29, 0.717) is 43.0 Å². The Morgan fingerprint density at radius 3 is 2.66 bits per heavy atom. The molecule has 2 aliphatic rings. The molecule has 29 heavy (non-hydrogen) atoms. The van der Waals surface area contributed by atoms with Gasteiger partial charge in [0.05, 0.1) is 19.8 Å². The lowest BCUT2D eigenvalue weighted by atomic mass is 9.81. The Morgan fingerprint density at radius 2 is 1.97 bits per heavy atom. The van der Waals surface area contributed by atoms with Crippen molar-refractivity contribution in [2.75, 3.05) is 26.3 Å². The van der Waals surface area contributed by atoms with E-state index in [9.17, 15) is 13.2 Å². The quantitative estimate of drug-likeness (QED) is 0.632. The van der Waals surface area contributed by atoms with Crippen LogP contribution in [0.3, 0.4) is 0 Å². The van der Waals surface area contributed by atoms with Crippen molar-refractivity contribution >= 4 is 27.3 Å². The summed E-state index contributed by atoms with van der Waals surface area (Å²) in [5, 5.41) is 3.06. The summed E-state index contributed by atoms with van der Waals surface area (Å²) in [5.74, 6) is 0.862. The third kappa shape index (κ3) is 6.26. The Morgan fingerprint density at radius 1 is 1.24 bits per heavy atom. The number of hydrogen-bond donors (Lipinski definition) is 1. The first kappa shape index (κ1) is 22.7. The smallest absolute Gasteiger partial charge is 0.252 e. The summed E-state index contributed by atoms with van der Waals surface area (Å²) in [4.78, 5) is 13.7. The molecule has 1 amide bonds. The van der Waals surface area contributed by atoms with E-state index >= 15 is 0 Å². The topological polar surface area (TPSA) is 75.7 Å². The summed E-state index contributed by atoms with van der Waals surface area (Å²) < 4.78 is 32.6. The van der Waals surface area contributed by atoms with Gasteiger partial charge in [0.2, 0.25) is 5.91 Å². The monoisotopic (exact) mass is 442 g/mol. The van der Waals surface area contributed by atoms with Crippen LogP contribution < -0.4 is 5.32 Å². The van der Waals surface area contributed by atoms with E-state index in [-0.39, 0.29) is 11.8 Å². The van der Waals surface area contributed by atoms with Crippen LogP contribution in [-0.4, -0.2) is 44.9 Å². The third-order valence-corrected chi connectivity index (χ3v) is 9.44. The first-order valence-corrected chi connectivity index (χ1v) is 13.2. The molecule has 1 unspecified atom stereocenters. The van der Waals surface area contributed by atoms with Gasteiger partial charge >= 0.3 is 0 Å². The second-order valence-electron chi connectivity index (χ2n) is 8.18. The molecule has 164 valence electrons. The Labute approximate surface area is 179 Å². The molecule has 0 radical (unpaired) electrons. The highest BCUT2D eigenvalue weighted by Crippen LogP contribution is 2.31. The molecule has 1 atom stereocenters. The molecule has 1 aromatic rings. The number of carbonyl (C=O) groups excluding carboxylic acids is 1. The summed E-state index contributed by atoms with van der Waals surface area (Å²) in [6, 6.07) is 3.47. The number of carbonyl (C=O) groups is 1. The van der Waals surface area contributed by atoms with Gasteiger partial charge in [-0.3, -0.25) is 4.79 Å². The predicted molar refractivity (Wildman–Crippen MR) is 115 cm³/mol. The maximum atomic E-state index is 12.8. The van der Waals surface area contributed by atoms with Gasteiger partial charge in [0.15, 0.2) is 0 Å². The van der Waals surface area contributed by atoms with Gasteiger partial charge in [0, 0.05) is 23.9 Å². The van der Waals surface area contributed by atoms with Crippen molar-refractivity contribution in [3.8, 4) is 0 Å². The van der Waals surface area contributed by atoms with Crippen molar-refractivity contribution in [3.63, 3.8) is 0 Å². The zero-order chi connectivity index (χ0) is 20.7. The van der Waals surface area contributed by atoms with Crippen molar-refractivity contribution in [3.05, 3.63) is 17.0 Å². The molecule has 1 aliphatic heterocycles. The minimum Gasteiger partial charge on any atom is -0.379 e. The van der Waals surface area contributed by atoms with Crippen molar-refractivity contribution in [1.29, 1.82) is 0 Å². The molecule has 1 N–H and O–H groups in total. The fraction of sp³-hybridized carbons (Fsp3) is 0.762. The van der Waals surface area contributed by atoms with E-state index in [2.05, 4.69) is 12.2 Å². The van der Waals surface area contributed by atoms with Crippen LogP contribution in [0.1, 0.15) is 63.2 Å². The maximum absolute atomic E-state index is 12.8. The predicted octanol–water partition coefficient (Wildman–Crippen LogP) is 3.77. The third-order valence-electron chi connectivity index (χ3n) is 5.99. The van der Waals surface area contributed by atoms with Crippen LogP contribution in [0.4, 0.5) is 0 Å². The average molecular weight is 443 g/mol. The van der Waals surface area contributed by atoms with Crippen LogP contribution in [0.25, 0.3) is 0 Å². The Bertz CT molecular complexity index is 750. The lowest BCUT2D eigenvalue weighted by Crippen LogP contribution is -2.40. The molecule has 2 heterocycles. The van der Waals surface area contributed by atoms with Crippen LogP contribution >= 0.6 is 11.3 Å². The standard InChI is InChI=1S/C21H34N2O4S2/c1-2-6-18(15-17-7-4-3-5-8-17)21(24)22-16-19-9-10-20(28-19)29(25,26)23-11-13-27-14-12-23/h9-10,17-18H,2-8,11-16H2,1H3,(H,22,24). The number of thiophene rings is 1. The second kappa shape index (κ2) is 10.9. The van der Waals surface area contributed by atoms with Crippen molar-refractivity contribution in [1.82, 2.24) is 9.62 Å². The number of sulfonamides is 1.